The van der Waals surface area contributed by atoms with Crippen LogP contribution in [0, 0.1) is 0 Å². The van der Waals surface area contributed by atoms with Crippen LogP contribution in [0.2, 0.25) is 0 Å². The smallest absolute Gasteiger partial charge is 0.0902 e. The van der Waals surface area contributed by atoms with Gasteiger partial charge in [0.05, 0.1) is 6.67 Å². The number of nitrogens with one attached hydrogen (secondary N) is 1. The Morgan fingerprint density at radius 3 is 3.00 bits per heavy atom. The Labute approximate surface area is 95.5 Å². The van der Waals surface area contributed by atoms with Crippen molar-refractivity contribution in [3.05, 3.63) is 29.8 Å². The lowest BCUT2D eigenvalue weighted by molar-refractivity contribution is 0.489. The summed E-state index contributed by atoms with van der Waals surface area (Å²) >= 11 is 1.72. The van der Waals surface area contributed by atoms with Crippen molar-refractivity contribution in [2.45, 2.75) is 24.8 Å². The molecule has 84 valence electrons. The van der Waals surface area contributed by atoms with Crippen molar-refractivity contribution >= 4 is 11.8 Å². The quantitative estimate of drug-likeness (QED) is 0.567. The molecule has 0 heterocycles. The maximum Gasteiger partial charge on any atom is 0.0902 e. The number of rotatable bonds is 7. The Morgan fingerprint density at radius 2 is 2.27 bits per heavy atom. The summed E-state index contributed by atoms with van der Waals surface area (Å²) in [6, 6.07) is 8.43. The summed E-state index contributed by atoms with van der Waals surface area (Å²) in [7, 11) is 0. The summed E-state index contributed by atoms with van der Waals surface area (Å²) in [6.07, 6.45) is 0.641. The highest BCUT2D eigenvalue weighted by Crippen LogP contribution is 2.19. The lowest BCUT2D eigenvalue weighted by atomic mass is 10.2. The summed E-state index contributed by atoms with van der Waals surface area (Å²) in [5.41, 5.74) is 1.29. The monoisotopic (exact) mass is 227 g/mol. The summed E-state index contributed by atoms with van der Waals surface area (Å²) in [5, 5.41) is 3.29. The number of benzene rings is 1. The molecule has 0 unspecified atom stereocenters. The largest absolute Gasteiger partial charge is 0.313 e. The molecule has 1 aromatic carbocycles. The molecule has 0 aliphatic heterocycles. The molecule has 0 atom stereocenters. The van der Waals surface area contributed by atoms with Gasteiger partial charge >= 0.3 is 0 Å². The number of alkyl halides is 1. The van der Waals surface area contributed by atoms with Crippen molar-refractivity contribution in [1.82, 2.24) is 5.32 Å². The third-order valence-electron chi connectivity index (χ3n) is 2.02. The van der Waals surface area contributed by atoms with E-state index in [4.69, 9.17) is 0 Å². The predicted octanol–water partition coefficient (Wildman–Crippen LogP) is 3.25. The highest BCUT2D eigenvalue weighted by molar-refractivity contribution is 7.99. The van der Waals surface area contributed by atoms with E-state index in [-0.39, 0.29) is 6.67 Å². The topological polar surface area (TPSA) is 12.0 Å². The molecule has 0 saturated carbocycles. The molecule has 0 fully saturated rings. The van der Waals surface area contributed by atoms with E-state index in [0.29, 0.717) is 6.42 Å². The zero-order valence-electron chi connectivity index (χ0n) is 9.13. The van der Waals surface area contributed by atoms with E-state index in [0.717, 1.165) is 18.8 Å². The van der Waals surface area contributed by atoms with E-state index in [1.807, 2.05) is 0 Å². The molecule has 1 nitrogen and oxygen atoms in total. The standard InChI is InChI=1S/C12H18FNS/c1-2-14-10-11-5-3-6-12(9-11)15-8-4-7-13/h3,5-6,9,14H,2,4,7-8,10H2,1H3. The van der Waals surface area contributed by atoms with Gasteiger partial charge in [0, 0.05) is 17.2 Å². The summed E-state index contributed by atoms with van der Waals surface area (Å²) in [6.45, 7) is 3.77. The minimum Gasteiger partial charge on any atom is -0.313 e. The number of hydrogen-bond donors (Lipinski definition) is 1. The van der Waals surface area contributed by atoms with Crippen molar-refractivity contribution in [3.8, 4) is 0 Å². The van der Waals surface area contributed by atoms with Crippen LogP contribution in [0.3, 0.4) is 0 Å². The van der Waals surface area contributed by atoms with Gasteiger partial charge in [-0.05, 0) is 30.7 Å². The van der Waals surface area contributed by atoms with E-state index in [2.05, 4.69) is 36.5 Å². The second kappa shape index (κ2) is 7.71. The zero-order chi connectivity index (χ0) is 10.9. The summed E-state index contributed by atoms with van der Waals surface area (Å²) in [5.74, 6) is 0.862. The first-order chi connectivity index (χ1) is 7.36. The van der Waals surface area contributed by atoms with Gasteiger partial charge in [0.15, 0.2) is 0 Å². The molecule has 0 spiro atoms. The molecule has 15 heavy (non-hydrogen) atoms. The number of thioether (sulfide) groups is 1. The van der Waals surface area contributed by atoms with Gasteiger partial charge in [-0.15, -0.1) is 11.8 Å². The number of hydrogen-bond acceptors (Lipinski definition) is 2. The van der Waals surface area contributed by atoms with E-state index >= 15 is 0 Å². The van der Waals surface area contributed by atoms with Crippen LogP contribution in [0.4, 0.5) is 4.39 Å². The van der Waals surface area contributed by atoms with Gasteiger partial charge in [-0.2, -0.15) is 0 Å². The van der Waals surface area contributed by atoms with Gasteiger partial charge in [-0.3, -0.25) is 4.39 Å². The fourth-order valence-electron chi connectivity index (χ4n) is 1.26. The van der Waals surface area contributed by atoms with Gasteiger partial charge in [0.1, 0.15) is 0 Å². The minimum absolute atomic E-state index is 0.218. The van der Waals surface area contributed by atoms with Crippen LogP contribution in [-0.2, 0) is 6.54 Å². The first-order valence-electron chi connectivity index (χ1n) is 5.35. The fraction of sp³-hybridized carbons (Fsp3) is 0.500. The van der Waals surface area contributed by atoms with Crippen molar-refractivity contribution in [3.63, 3.8) is 0 Å². The molecule has 0 aliphatic carbocycles. The molecule has 1 rings (SSSR count). The molecule has 0 radical (unpaired) electrons. The Morgan fingerprint density at radius 1 is 1.40 bits per heavy atom. The molecule has 0 aromatic heterocycles. The summed E-state index contributed by atoms with van der Waals surface area (Å²) < 4.78 is 11.9. The van der Waals surface area contributed by atoms with E-state index in [1.165, 1.54) is 10.5 Å². The lowest BCUT2D eigenvalue weighted by Crippen LogP contribution is -2.11. The fourth-order valence-corrected chi connectivity index (χ4v) is 2.16. The highest BCUT2D eigenvalue weighted by atomic mass is 32.2. The second-order valence-corrected chi connectivity index (χ2v) is 4.49. The van der Waals surface area contributed by atoms with Crippen LogP contribution in [0.25, 0.3) is 0 Å². The van der Waals surface area contributed by atoms with Crippen molar-refractivity contribution in [1.29, 1.82) is 0 Å². The molecule has 0 saturated heterocycles. The first-order valence-corrected chi connectivity index (χ1v) is 6.33. The second-order valence-electron chi connectivity index (χ2n) is 3.32. The zero-order valence-corrected chi connectivity index (χ0v) is 9.95. The Bertz CT molecular complexity index is 278. The predicted molar refractivity (Wildman–Crippen MR) is 65.1 cm³/mol. The molecule has 0 aliphatic rings. The van der Waals surface area contributed by atoms with Gasteiger partial charge in [0.25, 0.3) is 0 Å². The van der Waals surface area contributed by atoms with E-state index in [1.54, 1.807) is 11.8 Å². The van der Waals surface area contributed by atoms with Crippen molar-refractivity contribution < 1.29 is 4.39 Å². The average Bonchev–Trinajstić information content (AvgIpc) is 2.27. The SMILES string of the molecule is CCNCc1cccc(SCCCF)c1. The van der Waals surface area contributed by atoms with Crippen LogP contribution < -0.4 is 5.32 Å². The van der Waals surface area contributed by atoms with E-state index < -0.39 is 0 Å². The molecule has 0 bridgehead atoms. The van der Waals surface area contributed by atoms with Crippen LogP contribution in [0.1, 0.15) is 18.9 Å². The Hall–Kier alpha value is -0.540. The Kier molecular flexibility index (Phi) is 6.44. The molecular formula is C12H18FNS. The maximum atomic E-state index is 11.9. The summed E-state index contributed by atoms with van der Waals surface area (Å²) in [4.78, 5) is 1.24. The minimum atomic E-state index is -0.218. The Balaban J connectivity index is 2.42. The molecule has 3 heteroatoms. The highest BCUT2D eigenvalue weighted by Gasteiger charge is 1.96. The van der Waals surface area contributed by atoms with Crippen molar-refractivity contribution in [2.24, 2.45) is 0 Å². The average molecular weight is 227 g/mol. The van der Waals surface area contributed by atoms with Gasteiger partial charge in [0.2, 0.25) is 0 Å². The lowest BCUT2D eigenvalue weighted by Gasteiger charge is -2.05. The number of halogens is 1. The van der Waals surface area contributed by atoms with Crippen molar-refractivity contribution in [2.75, 3.05) is 19.0 Å². The van der Waals surface area contributed by atoms with Crippen LogP contribution in [0.15, 0.2) is 29.2 Å². The molecule has 0 amide bonds. The third-order valence-corrected chi connectivity index (χ3v) is 3.10. The molecule has 1 N–H and O–H groups in total. The molecule has 1 aromatic rings. The normalized spacial score (nSPS) is 10.5. The maximum absolute atomic E-state index is 11.9. The van der Waals surface area contributed by atoms with Crippen LogP contribution in [0.5, 0.6) is 0 Å². The van der Waals surface area contributed by atoms with Gasteiger partial charge < -0.3 is 5.32 Å². The van der Waals surface area contributed by atoms with E-state index in [9.17, 15) is 4.39 Å². The molecular weight excluding hydrogens is 209 g/mol. The first kappa shape index (κ1) is 12.5. The van der Waals surface area contributed by atoms with Gasteiger partial charge in [-0.25, -0.2) is 0 Å². The van der Waals surface area contributed by atoms with Gasteiger partial charge in [-0.1, -0.05) is 19.1 Å². The third kappa shape index (κ3) is 5.19. The van der Waals surface area contributed by atoms with Crippen LogP contribution in [-0.4, -0.2) is 19.0 Å². The van der Waals surface area contributed by atoms with Crippen LogP contribution >= 0.6 is 11.8 Å².